The molecule has 2 aromatic heterocycles. The van der Waals surface area contributed by atoms with Crippen LogP contribution in [0.15, 0.2) is 31.7 Å². The molecule has 0 aromatic carbocycles. The Bertz CT molecular complexity index is 631. The smallest absolute Gasteiger partial charge is 0.292 e. The summed E-state index contributed by atoms with van der Waals surface area (Å²) in [5.74, 6) is -0.965. The molecular weight excluding hydrogens is 299 g/mol. The SMILES string of the molecule is O=c1[nH]c(=O)n(Cc2sccc2Br)cc1F. The lowest BCUT2D eigenvalue weighted by Crippen LogP contribution is -2.31. The molecule has 2 rings (SSSR count). The molecule has 84 valence electrons. The van der Waals surface area contributed by atoms with Gasteiger partial charge in [-0.05, 0) is 27.4 Å². The fraction of sp³-hybridized carbons (Fsp3) is 0.111. The lowest BCUT2D eigenvalue weighted by molar-refractivity contribution is 0.567. The minimum Gasteiger partial charge on any atom is -0.292 e. The van der Waals surface area contributed by atoms with Crippen LogP contribution in [0.2, 0.25) is 0 Å². The summed E-state index contributed by atoms with van der Waals surface area (Å²) in [6, 6.07) is 1.84. The minimum atomic E-state index is -0.994. The zero-order valence-corrected chi connectivity index (χ0v) is 10.3. The molecule has 0 unspecified atom stereocenters. The van der Waals surface area contributed by atoms with Crippen LogP contribution in [0.25, 0.3) is 0 Å². The van der Waals surface area contributed by atoms with E-state index in [-0.39, 0.29) is 6.54 Å². The molecule has 0 aliphatic heterocycles. The molecule has 0 amide bonds. The first-order valence-electron chi connectivity index (χ1n) is 4.29. The van der Waals surface area contributed by atoms with Gasteiger partial charge >= 0.3 is 5.69 Å². The maximum atomic E-state index is 13.0. The van der Waals surface area contributed by atoms with Crippen LogP contribution in [0.5, 0.6) is 0 Å². The van der Waals surface area contributed by atoms with Crippen LogP contribution >= 0.6 is 27.3 Å². The molecule has 16 heavy (non-hydrogen) atoms. The van der Waals surface area contributed by atoms with E-state index >= 15 is 0 Å². The van der Waals surface area contributed by atoms with Crippen LogP contribution in [0.4, 0.5) is 4.39 Å². The van der Waals surface area contributed by atoms with Gasteiger partial charge in [0.05, 0.1) is 12.7 Å². The number of nitrogens with one attached hydrogen (secondary N) is 1. The molecule has 1 N–H and O–H groups in total. The number of hydrogen-bond acceptors (Lipinski definition) is 3. The number of nitrogens with zero attached hydrogens (tertiary/aromatic N) is 1. The molecule has 0 aliphatic carbocycles. The van der Waals surface area contributed by atoms with Gasteiger partial charge in [0.15, 0.2) is 0 Å². The number of aromatic nitrogens is 2. The van der Waals surface area contributed by atoms with Crippen LogP contribution in [-0.4, -0.2) is 9.55 Å². The van der Waals surface area contributed by atoms with Crippen molar-refractivity contribution in [3.63, 3.8) is 0 Å². The van der Waals surface area contributed by atoms with Crippen LogP contribution in [0.1, 0.15) is 4.88 Å². The minimum absolute atomic E-state index is 0.227. The number of aromatic amines is 1. The second-order valence-corrected chi connectivity index (χ2v) is 4.91. The summed E-state index contributed by atoms with van der Waals surface area (Å²) in [4.78, 5) is 25.0. The van der Waals surface area contributed by atoms with Crippen LogP contribution in [-0.2, 0) is 6.54 Å². The summed E-state index contributed by atoms with van der Waals surface area (Å²) in [5.41, 5.74) is -1.61. The normalized spacial score (nSPS) is 10.6. The van der Waals surface area contributed by atoms with E-state index in [1.807, 2.05) is 16.4 Å². The Morgan fingerprint density at radius 2 is 2.25 bits per heavy atom. The van der Waals surface area contributed by atoms with E-state index in [0.29, 0.717) is 0 Å². The maximum absolute atomic E-state index is 13.0. The summed E-state index contributed by atoms with van der Waals surface area (Å²) < 4.78 is 15.0. The van der Waals surface area contributed by atoms with Crippen molar-refractivity contribution in [1.82, 2.24) is 9.55 Å². The zero-order chi connectivity index (χ0) is 11.7. The predicted octanol–water partition coefficient (Wildman–Crippen LogP) is 1.55. The highest BCUT2D eigenvalue weighted by molar-refractivity contribution is 9.10. The van der Waals surface area contributed by atoms with Crippen molar-refractivity contribution in [3.05, 3.63) is 53.6 Å². The first-order chi connectivity index (χ1) is 7.58. The highest BCUT2D eigenvalue weighted by atomic mass is 79.9. The molecule has 0 atom stereocenters. The quantitative estimate of drug-likeness (QED) is 0.915. The molecule has 7 heteroatoms. The van der Waals surface area contributed by atoms with E-state index in [1.165, 1.54) is 11.3 Å². The third-order valence-electron chi connectivity index (χ3n) is 1.97. The van der Waals surface area contributed by atoms with E-state index in [9.17, 15) is 14.0 Å². The van der Waals surface area contributed by atoms with Gasteiger partial charge in [-0.3, -0.25) is 14.3 Å². The van der Waals surface area contributed by atoms with Gasteiger partial charge in [0.25, 0.3) is 5.56 Å². The van der Waals surface area contributed by atoms with Crippen molar-refractivity contribution in [2.75, 3.05) is 0 Å². The molecule has 2 aromatic rings. The van der Waals surface area contributed by atoms with Crippen LogP contribution in [0.3, 0.4) is 0 Å². The van der Waals surface area contributed by atoms with Gasteiger partial charge in [0.2, 0.25) is 5.82 Å². The topological polar surface area (TPSA) is 54.9 Å². The zero-order valence-electron chi connectivity index (χ0n) is 7.87. The molecule has 0 saturated carbocycles. The average Bonchev–Trinajstić information content (AvgIpc) is 2.61. The van der Waals surface area contributed by atoms with Gasteiger partial charge in [0, 0.05) is 9.35 Å². The number of rotatable bonds is 2. The average molecular weight is 305 g/mol. The second kappa shape index (κ2) is 4.34. The molecule has 0 spiro atoms. The summed E-state index contributed by atoms with van der Waals surface area (Å²) in [6.07, 6.45) is 0.910. The van der Waals surface area contributed by atoms with Crippen molar-refractivity contribution in [2.45, 2.75) is 6.54 Å². The lowest BCUT2D eigenvalue weighted by Gasteiger charge is -2.03. The summed E-state index contributed by atoms with van der Waals surface area (Å²) in [7, 11) is 0. The molecule has 0 aliphatic rings. The lowest BCUT2D eigenvalue weighted by atomic mass is 10.4. The monoisotopic (exact) mass is 304 g/mol. The van der Waals surface area contributed by atoms with Crippen molar-refractivity contribution in [2.24, 2.45) is 0 Å². The predicted molar refractivity (Wildman–Crippen MR) is 62.4 cm³/mol. The fourth-order valence-corrected chi connectivity index (χ4v) is 2.67. The Morgan fingerprint density at radius 1 is 1.50 bits per heavy atom. The first kappa shape index (κ1) is 11.3. The van der Waals surface area contributed by atoms with Crippen molar-refractivity contribution >= 4 is 27.3 Å². The first-order valence-corrected chi connectivity index (χ1v) is 5.96. The third-order valence-corrected chi connectivity index (χ3v) is 3.88. The highest BCUT2D eigenvalue weighted by Crippen LogP contribution is 2.22. The largest absolute Gasteiger partial charge is 0.328 e. The van der Waals surface area contributed by atoms with E-state index < -0.39 is 17.1 Å². The Kier molecular flexibility index (Phi) is 3.06. The third kappa shape index (κ3) is 2.14. The van der Waals surface area contributed by atoms with E-state index in [0.717, 1.165) is 20.1 Å². The van der Waals surface area contributed by atoms with E-state index in [2.05, 4.69) is 15.9 Å². The van der Waals surface area contributed by atoms with Gasteiger partial charge in [-0.2, -0.15) is 4.39 Å². The van der Waals surface area contributed by atoms with E-state index in [4.69, 9.17) is 0 Å². The molecule has 0 bridgehead atoms. The Labute approximate surface area is 101 Å². The Balaban J connectivity index is 2.43. The highest BCUT2D eigenvalue weighted by Gasteiger charge is 2.07. The van der Waals surface area contributed by atoms with Crippen molar-refractivity contribution in [1.29, 1.82) is 0 Å². The van der Waals surface area contributed by atoms with E-state index in [1.54, 1.807) is 0 Å². The second-order valence-electron chi connectivity index (χ2n) is 3.06. The van der Waals surface area contributed by atoms with Gasteiger partial charge in [0.1, 0.15) is 0 Å². The van der Waals surface area contributed by atoms with Crippen LogP contribution in [0, 0.1) is 5.82 Å². The molecule has 4 nitrogen and oxygen atoms in total. The molecule has 0 fully saturated rings. The molecular formula is C9H6BrFN2O2S. The molecule has 0 radical (unpaired) electrons. The van der Waals surface area contributed by atoms with Crippen molar-refractivity contribution in [3.8, 4) is 0 Å². The number of thiophene rings is 1. The summed E-state index contributed by atoms with van der Waals surface area (Å²) >= 11 is 4.75. The van der Waals surface area contributed by atoms with Gasteiger partial charge < -0.3 is 0 Å². The van der Waals surface area contributed by atoms with Gasteiger partial charge in [-0.25, -0.2) is 4.79 Å². The van der Waals surface area contributed by atoms with Gasteiger partial charge in [-0.1, -0.05) is 0 Å². The van der Waals surface area contributed by atoms with Gasteiger partial charge in [-0.15, -0.1) is 11.3 Å². The van der Waals surface area contributed by atoms with Crippen molar-refractivity contribution < 1.29 is 4.39 Å². The fourth-order valence-electron chi connectivity index (χ4n) is 1.19. The number of halogens is 2. The van der Waals surface area contributed by atoms with Crippen LogP contribution < -0.4 is 11.2 Å². The number of hydrogen-bond donors (Lipinski definition) is 1. The molecule has 2 heterocycles. The summed E-state index contributed by atoms with van der Waals surface area (Å²) in [5, 5.41) is 1.85. The number of H-pyrrole nitrogens is 1. The summed E-state index contributed by atoms with van der Waals surface area (Å²) in [6.45, 7) is 0.227. The molecule has 0 saturated heterocycles. The standard InChI is InChI=1S/C9H6BrFN2O2S/c10-5-1-2-16-7(5)4-13-3-6(11)8(14)12-9(13)15/h1-3H,4H2,(H,12,14,15). The Hall–Kier alpha value is -1.21. The Morgan fingerprint density at radius 3 is 2.88 bits per heavy atom. The maximum Gasteiger partial charge on any atom is 0.328 e.